The minimum atomic E-state index is -1.08. The van der Waals surface area contributed by atoms with Crippen LogP contribution in [0.25, 0.3) is 0 Å². The van der Waals surface area contributed by atoms with Crippen molar-refractivity contribution in [3.05, 3.63) is 24.8 Å². The van der Waals surface area contributed by atoms with Gasteiger partial charge in [0.25, 0.3) is 0 Å². The quantitative estimate of drug-likeness (QED) is 0.691. The van der Waals surface area contributed by atoms with Crippen LogP contribution in [-0.4, -0.2) is 30.2 Å². The zero-order chi connectivity index (χ0) is 10.7. The Hall–Kier alpha value is -0.640. The number of rotatable bonds is 2. The van der Waals surface area contributed by atoms with Gasteiger partial charge in [0.2, 0.25) is 5.79 Å². The predicted molar refractivity (Wildman–Crippen MR) is 55.1 cm³/mol. The first kappa shape index (κ1) is 9.58. The molecule has 3 nitrogen and oxygen atoms in total. The minimum Gasteiger partial charge on any atom is -0.379 e. The summed E-state index contributed by atoms with van der Waals surface area (Å²) in [5, 5.41) is 10.7. The average Bonchev–Trinajstić information content (AvgIpc) is 2.63. The monoisotopic (exact) mass is 208 g/mol. The van der Waals surface area contributed by atoms with E-state index in [1.807, 2.05) is 0 Å². The molecule has 1 unspecified atom stereocenters. The molecule has 0 aromatic heterocycles. The zero-order valence-electron chi connectivity index (χ0n) is 8.85. The summed E-state index contributed by atoms with van der Waals surface area (Å²) in [5.74, 6) is -0.167. The molecular weight excluding hydrogens is 192 g/mol. The fourth-order valence-electron chi connectivity index (χ4n) is 3.52. The van der Waals surface area contributed by atoms with Crippen molar-refractivity contribution in [2.24, 2.45) is 17.8 Å². The average molecular weight is 208 g/mol. The molecule has 1 aliphatic heterocycles. The van der Waals surface area contributed by atoms with Gasteiger partial charge < -0.3 is 14.6 Å². The lowest BCUT2D eigenvalue weighted by atomic mass is 9.59. The molecule has 15 heavy (non-hydrogen) atoms. The second-order valence-electron chi connectivity index (χ2n) is 4.73. The molecular formula is C12H16O3. The van der Waals surface area contributed by atoms with E-state index in [0.29, 0.717) is 12.5 Å². The van der Waals surface area contributed by atoms with Crippen molar-refractivity contribution in [3.8, 4) is 0 Å². The lowest BCUT2D eigenvalue weighted by molar-refractivity contribution is -0.307. The van der Waals surface area contributed by atoms with Gasteiger partial charge in [-0.2, -0.15) is 0 Å². The molecule has 1 heterocycles. The highest BCUT2D eigenvalue weighted by Gasteiger charge is 2.68. The molecule has 0 radical (unpaired) electrons. The third kappa shape index (κ3) is 0.838. The summed E-state index contributed by atoms with van der Waals surface area (Å²) in [6.45, 7) is 4.42. The second-order valence-corrected chi connectivity index (χ2v) is 4.73. The van der Waals surface area contributed by atoms with E-state index in [9.17, 15) is 5.11 Å². The molecule has 4 bridgehead atoms. The fourth-order valence-corrected chi connectivity index (χ4v) is 3.52. The Labute approximate surface area is 89.4 Å². The lowest BCUT2D eigenvalue weighted by Gasteiger charge is -2.53. The smallest absolute Gasteiger partial charge is 0.208 e. The van der Waals surface area contributed by atoms with Crippen LogP contribution in [0.15, 0.2) is 24.8 Å². The van der Waals surface area contributed by atoms with Gasteiger partial charge in [-0.15, -0.1) is 6.58 Å². The highest BCUT2D eigenvalue weighted by atomic mass is 16.7. The van der Waals surface area contributed by atoms with Crippen LogP contribution in [0.4, 0.5) is 0 Å². The van der Waals surface area contributed by atoms with Crippen molar-refractivity contribution < 1.29 is 14.6 Å². The van der Waals surface area contributed by atoms with E-state index in [1.54, 1.807) is 13.2 Å². The van der Waals surface area contributed by atoms with Crippen LogP contribution in [0.1, 0.15) is 6.42 Å². The van der Waals surface area contributed by atoms with Crippen molar-refractivity contribution in [2.45, 2.75) is 17.8 Å². The maximum atomic E-state index is 10.7. The van der Waals surface area contributed by atoms with Crippen molar-refractivity contribution in [1.82, 2.24) is 0 Å². The van der Waals surface area contributed by atoms with Crippen LogP contribution in [0.2, 0.25) is 0 Å². The predicted octanol–water partition coefficient (Wildman–Crippen LogP) is 1.10. The maximum absolute atomic E-state index is 10.7. The molecule has 82 valence electrons. The highest BCUT2D eigenvalue weighted by Crippen LogP contribution is 2.59. The van der Waals surface area contributed by atoms with Gasteiger partial charge in [0.05, 0.1) is 6.61 Å². The molecule has 0 aromatic carbocycles. The summed E-state index contributed by atoms with van der Waals surface area (Å²) in [6.07, 6.45) is 6.76. The minimum absolute atomic E-state index is 0.0763. The molecule has 1 N–H and O–H groups in total. The summed E-state index contributed by atoms with van der Waals surface area (Å²) in [4.78, 5) is 0. The van der Waals surface area contributed by atoms with Crippen LogP contribution < -0.4 is 0 Å². The Morgan fingerprint density at radius 3 is 3.07 bits per heavy atom. The van der Waals surface area contributed by atoms with Gasteiger partial charge in [0.15, 0.2) is 0 Å². The van der Waals surface area contributed by atoms with Gasteiger partial charge in [0.1, 0.15) is 5.60 Å². The first-order valence-corrected chi connectivity index (χ1v) is 5.41. The second kappa shape index (κ2) is 2.73. The summed E-state index contributed by atoms with van der Waals surface area (Å²) >= 11 is 0. The molecule has 1 saturated carbocycles. The van der Waals surface area contributed by atoms with Crippen LogP contribution >= 0.6 is 0 Å². The van der Waals surface area contributed by atoms with Gasteiger partial charge in [-0.1, -0.05) is 18.2 Å². The van der Waals surface area contributed by atoms with Gasteiger partial charge in [-0.05, 0) is 12.3 Å². The largest absolute Gasteiger partial charge is 0.379 e. The van der Waals surface area contributed by atoms with E-state index in [1.165, 1.54) is 0 Å². The van der Waals surface area contributed by atoms with Crippen molar-refractivity contribution in [1.29, 1.82) is 0 Å². The number of ether oxygens (including phenoxy) is 2. The van der Waals surface area contributed by atoms with Crippen molar-refractivity contribution in [3.63, 3.8) is 0 Å². The molecule has 2 fully saturated rings. The normalized spacial score (nSPS) is 56.0. The van der Waals surface area contributed by atoms with E-state index in [4.69, 9.17) is 9.47 Å². The molecule has 4 rings (SSSR count). The molecule has 4 aliphatic rings. The fraction of sp³-hybridized carbons (Fsp3) is 0.667. The van der Waals surface area contributed by atoms with Crippen LogP contribution in [-0.2, 0) is 9.47 Å². The topological polar surface area (TPSA) is 38.7 Å². The first-order valence-electron chi connectivity index (χ1n) is 5.41. The number of methoxy groups -OCH3 is 1. The molecule has 0 aromatic rings. The van der Waals surface area contributed by atoms with Gasteiger partial charge in [-0.25, -0.2) is 0 Å². The Kier molecular flexibility index (Phi) is 1.74. The van der Waals surface area contributed by atoms with Gasteiger partial charge in [0, 0.05) is 18.9 Å². The maximum Gasteiger partial charge on any atom is 0.208 e. The SMILES string of the molecule is C=C[C@@]1(O)[C@@H]2C=C[C@H]3C(CO[C@@]31OC)C2. The van der Waals surface area contributed by atoms with Crippen LogP contribution in [0.3, 0.4) is 0 Å². The third-order valence-electron chi connectivity index (χ3n) is 4.30. The molecule has 5 atom stereocenters. The number of hydrogen-bond donors (Lipinski definition) is 1. The first-order chi connectivity index (χ1) is 7.18. The van der Waals surface area contributed by atoms with Crippen LogP contribution in [0.5, 0.6) is 0 Å². The summed E-state index contributed by atoms with van der Waals surface area (Å²) in [6, 6.07) is 0. The lowest BCUT2D eigenvalue weighted by Crippen LogP contribution is -2.65. The summed E-state index contributed by atoms with van der Waals surface area (Å²) in [5.41, 5.74) is -1.08. The van der Waals surface area contributed by atoms with E-state index in [-0.39, 0.29) is 11.8 Å². The van der Waals surface area contributed by atoms with Crippen molar-refractivity contribution >= 4 is 0 Å². The molecule has 3 aliphatic carbocycles. The molecule has 0 spiro atoms. The van der Waals surface area contributed by atoms with E-state index in [0.717, 1.165) is 6.42 Å². The van der Waals surface area contributed by atoms with Crippen molar-refractivity contribution in [2.75, 3.05) is 13.7 Å². The molecule has 1 saturated heterocycles. The highest BCUT2D eigenvalue weighted by molar-refractivity contribution is 5.29. The van der Waals surface area contributed by atoms with E-state index < -0.39 is 11.4 Å². The Morgan fingerprint density at radius 1 is 1.60 bits per heavy atom. The van der Waals surface area contributed by atoms with Gasteiger partial charge in [-0.3, -0.25) is 0 Å². The number of hydrogen-bond acceptors (Lipinski definition) is 3. The van der Waals surface area contributed by atoms with E-state index >= 15 is 0 Å². The van der Waals surface area contributed by atoms with E-state index in [2.05, 4.69) is 18.7 Å². The number of aliphatic hydroxyl groups is 1. The molecule has 3 heteroatoms. The Morgan fingerprint density at radius 2 is 2.40 bits per heavy atom. The standard InChI is InChI=1S/C12H16O3/c1-3-11(13)9-4-5-10-8(6-9)7-15-12(10,11)14-2/h3-5,8-10,13H,1,6-7H2,2H3/t8?,9-,10+,11-,12+/m1/s1. The third-order valence-corrected chi connectivity index (χ3v) is 4.30. The summed E-state index contributed by atoms with van der Waals surface area (Å²) in [7, 11) is 1.60. The Balaban J connectivity index is 2.18. The zero-order valence-corrected chi connectivity index (χ0v) is 8.85. The van der Waals surface area contributed by atoms with Crippen LogP contribution in [0, 0.1) is 17.8 Å². The molecule has 0 amide bonds. The Bertz CT molecular complexity index is 338. The van der Waals surface area contributed by atoms with Gasteiger partial charge >= 0.3 is 0 Å². The summed E-state index contributed by atoms with van der Waals surface area (Å²) < 4.78 is 11.3.